The Balaban J connectivity index is 1.98. The van der Waals surface area contributed by atoms with Crippen molar-refractivity contribution in [2.24, 2.45) is 0 Å². The summed E-state index contributed by atoms with van der Waals surface area (Å²) in [6.07, 6.45) is 0.441. The molecule has 0 unspecified atom stereocenters. The summed E-state index contributed by atoms with van der Waals surface area (Å²) < 4.78 is 6.76. The fraction of sp³-hybridized carbons (Fsp3) is 0.333. The fourth-order valence-electron chi connectivity index (χ4n) is 0.988. The minimum absolute atomic E-state index is 0.441. The highest BCUT2D eigenvalue weighted by molar-refractivity contribution is 9.10. The molecule has 1 saturated heterocycles. The second-order valence-corrected chi connectivity index (χ2v) is 4.72. The van der Waals surface area contributed by atoms with Gasteiger partial charge in [0.1, 0.15) is 11.9 Å². The third-order valence-electron chi connectivity index (χ3n) is 1.72. The molecule has 0 radical (unpaired) electrons. The standard InChI is InChI=1S/C9H9BrOS/c10-7-1-3-8(4-2-7)11-9-5-12-6-9/h1-4,9H,5-6H2. The van der Waals surface area contributed by atoms with E-state index < -0.39 is 0 Å². The Morgan fingerprint density at radius 2 is 1.92 bits per heavy atom. The van der Waals surface area contributed by atoms with Gasteiger partial charge in [-0.05, 0) is 24.3 Å². The Kier molecular flexibility index (Phi) is 2.61. The second kappa shape index (κ2) is 3.71. The normalized spacial score (nSPS) is 17.1. The Bertz CT molecular complexity index is 256. The molecule has 0 spiro atoms. The molecule has 0 N–H and O–H groups in total. The zero-order valence-electron chi connectivity index (χ0n) is 6.50. The lowest BCUT2D eigenvalue weighted by atomic mass is 10.3. The van der Waals surface area contributed by atoms with E-state index in [9.17, 15) is 0 Å². The minimum atomic E-state index is 0.441. The topological polar surface area (TPSA) is 9.23 Å². The number of rotatable bonds is 2. The summed E-state index contributed by atoms with van der Waals surface area (Å²) in [6.45, 7) is 0. The molecule has 2 rings (SSSR count). The summed E-state index contributed by atoms with van der Waals surface area (Å²) >= 11 is 5.32. The summed E-state index contributed by atoms with van der Waals surface area (Å²) in [4.78, 5) is 0. The average Bonchev–Trinajstić information content (AvgIpc) is 2.00. The Hall–Kier alpha value is -0.150. The molecule has 0 aromatic heterocycles. The molecule has 1 aliphatic rings. The van der Waals surface area contributed by atoms with Gasteiger partial charge in [0.05, 0.1) is 0 Å². The van der Waals surface area contributed by atoms with Crippen LogP contribution in [0.15, 0.2) is 28.7 Å². The molecular weight excluding hydrogens is 236 g/mol. The van der Waals surface area contributed by atoms with E-state index in [0.29, 0.717) is 6.10 Å². The number of hydrogen-bond acceptors (Lipinski definition) is 2. The quantitative estimate of drug-likeness (QED) is 0.792. The Morgan fingerprint density at radius 1 is 1.25 bits per heavy atom. The van der Waals surface area contributed by atoms with Crippen molar-refractivity contribution in [3.63, 3.8) is 0 Å². The van der Waals surface area contributed by atoms with Gasteiger partial charge >= 0.3 is 0 Å². The molecule has 1 aromatic carbocycles. The van der Waals surface area contributed by atoms with Crippen LogP contribution in [0.4, 0.5) is 0 Å². The van der Waals surface area contributed by atoms with E-state index in [0.717, 1.165) is 21.7 Å². The van der Waals surface area contributed by atoms with Crippen LogP contribution in [-0.2, 0) is 0 Å². The first-order chi connectivity index (χ1) is 5.84. The summed E-state index contributed by atoms with van der Waals surface area (Å²) in [5.41, 5.74) is 0. The first-order valence-electron chi connectivity index (χ1n) is 3.84. The van der Waals surface area contributed by atoms with E-state index in [1.54, 1.807) is 0 Å². The number of hydrogen-bond donors (Lipinski definition) is 0. The minimum Gasteiger partial charge on any atom is -0.489 e. The number of thioether (sulfide) groups is 1. The van der Waals surface area contributed by atoms with Crippen molar-refractivity contribution in [1.82, 2.24) is 0 Å². The van der Waals surface area contributed by atoms with Crippen molar-refractivity contribution >= 4 is 27.7 Å². The summed E-state index contributed by atoms with van der Waals surface area (Å²) in [5, 5.41) is 0. The van der Waals surface area contributed by atoms with Gasteiger partial charge in [0.15, 0.2) is 0 Å². The van der Waals surface area contributed by atoms with Crippen LogP contribution >= 0.6 is 27.7 Å². The van der Waals surface area contributed by atoms with Crippen LogP contribution in [0.1, 0.15) is 0 Å². The lowest BCUT2D eigenvalue weighted by Crippen LogP contribution is -2.30. The van der Waals surface area contributed by atoms with Crippen LogP contribution in [0, 0.1) is 0 Å². The highest BCUT2D eigenvalue weighted by Gasteiger charge is 2.19. The maximum absolute atomic E-state index is 5.66. The number of ether oxygens (including phenoxy) is 1. The van der Waals surface area contributed by atoms with E-state index >= 15 is 0 Å². The molecule has 1 heterocycles. The number of benzene rings is 1. The smallest absolute Gasteiger partial charge is 0.119 e. The SMILES string of the molecule is Brc1ccc(OC2CSC2)cc1. The zero-order chi connectivity index (χ0) is 8.39. The first kappa shape index (κ1) is 8.45. The van der Waals surface area contributed by atoms with Crippen LogP contribution < -0.4 is 4.74 Å². The summed E-state index contributed by atoms with van der Waals surface area (Å²) in [5.74, 6) is 3.25. The van der Waals surface area contributed by atoms with Crippen LogP contribution in [0.2, 0.25) is 0 Å². The van der Waals surface area contributed by atoms with Crippen molar-refractivity contribution in [2.45, 2.75) is 6.10 Å². The van der Waals surface area contributed by atoms with Crippen LogP contribution in [0.25, 0.3) is 0 Å². The molecule has 12 heavy (non-hydrogen) atoms. The molecular formula is C9H9BrOS. The predicted octanol–water partition coefficient (Wildman–Crippen LogP) is 2.94. The molecule has 0 amide bonds. The van der Waals surface area contributed by atoms with Gasteiger partial charge in [-0.3, -0.25) is 0 Å². The molecule has 0 aliphatic carbocycles. The van der Waals surface area contributed by atoms with E-state index in [1.165, 1.54) is 0 Å². The molecule has 1 fully saturated rings. The first-order valence-corrected chi connectivity index (χ1v) is 5.79. The van der Waals surface area contributed by atoms with Gasteiger partial charge < -0.3 is 4.74 Å². The van der Waals surface area contributed by atoms with Gasteiger partial charge in [-0.2, -0.15) is 11.8 Å². The van der Waals surface area contributed by atoms with Crippen molar-refractivity contribution in [3.05, 3.63) is 28.7 Å². The molecule has 3 heteroatoms. The van der Waals surface area contributed by atoms with Crippen molar-refractivity contribution < 1.29 is 4.74 Å². The van der Waals surface area contributed by atoms with Gasteiger partial charge in [0.2, 0.25) is 0 Å². The second-order valence-electron chi connectivity index (χ2n) is 2.73. The molecule has 0 bridgehead atoms. The van der Waals surface area contributed by atoms with Gasteiger partial charge in [0.25, 0.3) is 0 Å². The zero-order valence-corrected chi connectivity index (χ0v) is 8.90. The average molecular weight is 245 g/mol. The fourth-order valence-corrected chi connectivity index (χ4v) is 1.82. The Labute approximate surface area is 84.6 Å². The van der Waals surface area contributed by atoms with Gasteiger partial charge in [-0.15, -0.1) is 0 Å². The van der Waals surface area contributed by atoms with E-state index in [4.69, 9.17) is 4.74 Å². The lowest BCUT2D eigenvalue weighted by molar-refractivity contribution is 0.240. The molecule has 64 valence electrons. The maximum Gasteiger partial charge on any atom is 0.119 e. The highest BCUT2D eigenvalue weighted by Crippen LogP contribution is 2.24. The predicted molar refractivity (Wildman–Crippen MR) is 55.9 cm³/mol. The highest BCUT2D eigenvalue weighted by atomic mass is 79.9. The molecule has 0 atom stereocenters. The maximum atomic E-state index is 5.66. The third kappa shape index (κ3) is 1.96. The number of halogens is 1. The van der Waals surface area contributed by atoms with Crippen LogP contribution in [-0.4, -0.2) is 17.6 Å². The molecule has 1 aliphatic heterocycles. The summed E-state index contributed by atoms with van der Waals surface area (Å²) in [6, 6.07) is 7.99. The van der Waals surface area contributed by atoms with Crippen molar-refractivity contribution in [3.8, 4) is 5.75 Å². The third-order valence-corrected chi connectivity index (χ3v) is 3.47. The van der Waals surface area contributed by atoms with E-state index in [-0.39, 0.29) is 0 Å². The van der Waals surface area contributed by atoms with E-state index in [2.05, 4.69) is 15.9 Å². The molecule has 1 aromatic rings. The van der Waals surface area contributed by atoms with Gasteiger partial charge in [-0.1, -0.05) is 15.9 Å². The van der Waals surface area contributed by atoms with Crippen molar-refractivity contribution in [1.29, 1.82) is 0 Å². The lowest BCUT2D eigenvalue weighted by Gasteiger charge is -2.25. The monoisotopic (exact) mass is 244 g/mol. The molecule has 1 nitrogen and oxygen atoms in total. The molecule has 0 saturated carbocycles. The Morgan fingerprint density at radius 3 is 2.42 bits per heavy atom. The van der Waals surface area contributed by atoms with Crippen LogP contribution in [0.5, 0.6) is 5.75 Å². The van der Waals surface area contributed by atoms with Crippen LogP contribution in [0.3, 0.4) is 0 Å². The van der Waals surface area contributed by atoms with Crippen molar-refractivity contribution in [2.75, 3.05) is 11.5 Å². The summed E-state index contributed by atoms with van der Waals surface area (Å²) in [7, 11) is 0. The van der Waals surface area contributed by atoms with E-state index in [1.807, 2.05) is 36.0 Å². The van der Waals surface area contributed by atoms with Gasteiger partial charge in [-0.25, -0.2) is 0 Å². The largest absolute Gasteiger partial charge is 0.489 e. The van der Waals surface area contributed by atoms with Gasteiger partial charge in [0, 0.05) is 16.0 Å².